The zero-order valence-corrected chi connectivity index (χ0v) is 18.7. The lowest BCUT2D eigenvalue weighted by Crippen LogP contribution is -2.44. The van der Waals surface area contributed by atoms with Crippen molar-refractivity contribution in [3.63, 3.8) is 0 Å². The summed E-state index contributed by atoms with van der Waals surface area (Å²) >= 11 is 0. The van der Waals surface area contributed by atoms with Gasteiger partial charge >= 0.3 is 0 Å². The highest BCUT2D eigenvalue weighted by atomic mass is 79.9. The molecule has 0 aliphatic carbocycles. The number of halogens is 1. The van der Waals surface area contributed by atoms with Gasteiger partial charge in [-0.1, -0.05) is 78.1 Å². The molecule has 3 nitrogen and oxygen atoms in total. The zero-order valence-electron chi connectivity index (χ0n) is 17.0. The van der Waals surface area contributed by atoms with Gasteiger partial charge in [0.05, 0.1) is 24.5 Å². The van der Waals surface area contributed by atoms with Gasteiger partial charge in [-0.05, 0) is 19.8 Å². The molecule has 0 saturated carbocycles. The maximum Gasteiger partial charge on any atom is 0.0993 e. The van der Waals surface area contributed by atoms with Gasteiger partial charge in [-0.15, -0.1) is 17.0 Å². The minimum absolute atomic E-state index is 0. The Hall–Kier alpha value is -0.0900. The average molecular weight is 419 g/mol. The first-order valence-electron chi connectivity index (χ1n) is 10.7. The van der Waals surface area contributed by atoms with Crippen molar-refractivity contribution in [1.82, 2.24) is 4.90 Å². The molecule has 1 N–H and O–H groups in total. The van der Waals surface area contributed by atoms with Crippen LogP contribution in [-0.4, -0.2) is 41.1 Å². The van der Waals surface area contributed by atoms with Crippen LogP contribution in [0.1, 0.15) is 104 Å². The lowest BCUT2D eigenvalue weighted by Gasteiger charge is -2.32. The van der Waals surface area contributed by atoms with Gasteiger partial charge < -0.3 is 10.0 Å². The Kier molecular flexibility index (Phi) is 16.1. The van der Waals surface area contributed by atoms with Crippen LogP contribution in [0.15, 0.2) is 4.99 Å². The molecule has 0 fully saturated rings. The van der Waals surface area contributed by atoms with Crippen LogP contribution in [0.3, 0.4) is 0 Å². The topological polar surface area (TPSA) is 35.8 Å². The van der Waals surface area contributed by atoms with Crippen molar-refractivity contribution in [1.29, 1.82) is 0 Å². The smallest absolute Gasteiger partial charge is 0.0993 e. The third-order valence-electron chi connectivity index (χ3n) is 5.26. The number of aliphatic imine (C=N–C) groups is 1. The molecule has 0 amide bonds. The fourth-order valence-corrected chi connectivity index (χ4v) is 3.81. The molecule has 1 heterocycles. The summed E-state index contributed by atoms with van der Waals surface area (Å²) in [4.78, 5) is 7.10. The highest BCUT2D eigenvalue weighted by molar-refractivity contribution is 8.93. The summed E-state index contributed by atoms with van der Waals surface area (Å²) in [5.74, 6) is 1.26. The van der Waals surface area contributed by atoms with Crippen molar-refractivity contribution in [2.45, 2.75) is 116 Å². The number of hydrogen-bond donors (Lipinski definition) is 1. The standard InChI is InChI=1S/C21H42N2O.BrH/c1-4-6-7-8-9-10-11-12-13-14-16-21-22-17-18-23(21)20(15-5-2)19(3)24;/h19-20,24H,4-18H2,1-3H3;1H. The minimum atomic E-state index is -0.263. The van der Waals surface area contributed by atoms with Crippen LogP contribution in [0.2, 0.25) is 0 Å². The largest absolute Gasteiger partial charge is 0.391 e. The third kappa shape index (κ3) is 10.6. The van der Waals surface area contributed by atoms with Crippen molar-refractivity contribution < 1.29 is 5.11 Å². The highest BCUT2D eigenvalue weighted by Crippen LogP contribution is 2.19. The molecule has 2 unspecified atom stereocenters. The molecule has 150 valence electrons. The van der Waals surface area contributed by atoms with Gasteiger partial charge in [0.25, 0.3) is 0 Å². The monoisotopic (exact) mass is 418 g/mol. The lowest BCUT2D eigenvalue weighted by atomic mass is 10.0. The van der Waals surface area contributed by atoms with E-state index in [2.05, 4.69) is 18.7 Å². The van der Waals surface area contributed by atoms with Crippen molar-refractivity contribution in [3.05, 3.63) is 0 Å². The molecule has 0 spiro atoms. The highest BCUT2D eigenvalue weighted by Gasteiger charge is 2.27. The van der Waals surface area contributed by atoms with E-state index in [9.17, 15) is 5.11 Å². The molecule has 25 heavy (non-hydrogen) atoms. The SMILES string of the molecule is Br.CCCCCCCCCCCCC1=NCCN1C(CCC)C(C)O. The lowest BCUT2D eigenvalue weighted by molar-refractivity contribution is 0.0966. The van der Waals surface area contributed by atoms with E-state index in [1.165, 1.54) is 70.0 Å². The average Bonchev–Trinajstić information content (AvgIpc) is 3.02. The molecule has 0 radical (unpaired) electrons. The first-order chi connectivity index (χ1) is 11.7. The van der Waals surface area contributed by atoms with Gasteiger partial charge in [0.15, 0.2) is 0 Å². The second kappa shape index (κ2) is 16.1. The molecule has 1 aliphatic heterocycles. The fourth-order valence-electron chi connectivity index (χ4n) is 3.81. The van der Waals surface area contributed by atoms with E-state index in [4.69, 9.17) is 4.99 Å². The van der Waals surface area contributed by atoms with Gasteiger partial charge in [0.2, 0.25) is 0 Å². The van der Waals surface area contributed by atoms with Crippen LogP contribution >= 0.6 is 17.0 Å². The van der Waals surface area contributed by atoms with Gasteiger partial charge in [-0.2, -0.15) is 0 Å². The zero-order chi connectivity index (χ0) is 17.6. The quantitative estimate of drug-likeness (QED) is 0.324. The van der Waals surface area contributed by atoms with Crippen molar-refractivity contribution >= 4 is 22.8 Å². The predicted molar refractivity (Wildman–Crippen MR) is 116 cm³/mol. The number of rotatable bonds is 15. The molecule has 0 bridgehead atoms. The first kappa shape index (κ1) is 24.9. The molecule has 0 aromatic rings. The second-order valence-electron chi connectivity index (χ2n) is 7.52. The summed E-state index contributed by atoms with van der Waals surface area (Å²) < 4.78 is 0. The van der Waals surface area contributed by atoms with E-state index in [1.807, 2.05) is 6.92 Å². The van der Waals surface area contributed by atoms with E-state index in [1.54, 1.807) is 0 Å². The van der Waals surface area contributed by atoms with E-state index in [-0.39, 0.29) is 29.1 Å². The fraction of sp³-hybridized carbons (Fsp3) is 0.952. The number of aliphatic hydroxyl groups excluding tert-OH is 1. The Labute approximate surface area is 167 Å². The summed E-state index contributed by atoms with van der Waals surface area (Å²) in [6.45, 7) is 8.32. The molecule has 0 saturated heterocycles. The normalized spacial score (nSPS) is 16.5. The van der Waals surface area contributed by atoms with Crippen molar-refractivity contribution in [2.75, 3.05) is 13.1 Å². The summed E-state index contributed by atoms with van der Waals surface area (Å²) in [6, 6.07) is 0.263. The molecular formula is C21H43BrN2O. The second-order valence-corrected chi connectivity index (χ2v) is 7.52. The van der Waals surface area contributed by atoms with Crippen LogP contribution in [-0.2, 0) is 0 Å². The predicted octanol–water partition coefficient (Wildman–Crippen LogP) is 6.14. The molecule has 2 atom stereocenters. The van der Waals surface area contributed by atoms with E-state index in [0.29, 0.717) is 0 Å². The van der Waals surface area contributed by atoms with E-state index in [0.717, 1.165) is 32.4 Å². The molecule has 1 rings (SSSR count). The van der Waals surface area contributed by atoms with Crippen molar-refractivity contribution in [3.8, 4) is 0 Å². The number of aliphatic hydroxyl groups is 1. The van der Waals surface area contributed by atoms with Gasteiger partial charge in [-0.3, -0.25) is 4.99 Å². The number of hydrogen-bond acceptors (Lipinski definition) is 3. The molecule has 0 aromatic carbocycles. The molecule has 4 heteroatoms. The summed E-state index contributed by atoms with van der Waals surface area (Å²) in [5, 5.41) is 10.1. The van der Waals surface area contributed by atoms with Gasteiger partial charge in [0, 0.05) is 13.0 Å². The van der Waals surface area contributed by atoms with E-state index < -0.39 is 0 Å². The van der Waals surface area contributed by atoms with Crippen LogP contribution in [0.4, 0.5) is 0 Å². The maximum atomic E-state index is 10.1. The summed E-state index contributed by atoms with van der Waals surface area (Å²) in [5.41, 5.74) is 0. The number of nitrogens with zero attached hydrogens (tertiary/aromatic N) is 2. The summed E-state index contributed by atoms with van der Waals surface area (Å²) in [6.07, 6.45) is 16.8. The summed E-state index contributed by atoms with van der Waals surface area (Å²) in [7, 11) is 0. The van der Waals surface area contributed by atoms with Crippen LogP contribution in [0.5, 0.6) is 0 Å². The minimum Gasteiger partial charge on any atom is -0.391 e. The van der Waals surface area contributed by atoms with Gasteiger partial charge in [0.1, 0.15) is 0 Å². The first-order valence-corrected chi connectivity index (χ1v) is 10.7. The Balaban J connectivity index is 0.00000576. The van der Waals surface area contributed by atoms with Crippen LogP contribution < -0.4 is 0 Å². The Morgan fingerprint density at radius 3 is 2.00 bits per heavy atom. The number of unbranched alkanes of at least 4 members (excludes halogenated alkanes) is 9. The Morgan fingerprint density at radius 2 is 1.48 bits per heavy atom. The van der Waals surface area contributed by atoms with Gasteiger partial charge in [-0.25, -0.2) is 0 Å². The third-order valence-corrected chi connectivity index (χ3v) is 5.26. The number of amidine groups is 1. The molecule has 0 aromatic heterocycles. The molecular weight excluding hydrogens is 376 g/mol. The van der Waals surface area contributed by atoms with E-state index >= 15 is 0 Å². The van der Waals surface area contributed by atoms with Crippen molar-refractivity contribution in [2.24, 2.45) is 4.99 Å². The van der Waals surface area contributed by atoms with Crippen LogP contribution in [0, 0.1) is 0 Å². The molecule has 1 aliphatic rings. The maximum absolute atomic E-state index is 10.1. The Bertz CT molecular complexity index is 334. The Morgan fingerprint density at radius 1 is 0.920 bits per heavy atom. The van der Waals surface area contributed by atoms with Crippen LogP contribution in [0.25, 0.3) is 0 Å².